The van der Waals surface area contributed by atoms with Crippen LogP contribution < -0.4 is 0 Å². The zero-order valence-electron chi connectivity index (χ0n) is 18.7. The molecule has 29 heavy (non-hydrogen) atoms. The van der Waals surface area contributed by atoms with E-state index in [1.165, 1.54) is 27.6 Å². The van der Waals surface area contributed by atoms with E-state index in [2.05, 4.69) is 56.6 Å². The monoisotopic (exact) mass is 437 g/mol. The van der Waals surface area contributed by atoms with Gasteiger partial charge in [0, 0.05) is 40.9 Å². The molecule has 1 fully saturated rings. The topological polar surface area (TPSA) is 38.2 Å². The third-order valence-electron chi connectivity index (χ3n) is 6.40. The Kier molecular flexibility index (Phi) is 8.25. The number of hydrogen-bond donors (Lipinski definition) is 0. The normalized spacial score (nSPS) is 20.1. The van der Waals surface area contributed by atoms with Gasteiger partial charge < -0.3 is 4.74 Å². The van der Waals surface area contributed by atoms with E-state index >= 15 is 0 Å². The molecule has 1 aliphatic rings. The number of thiazole rings is 1. The summed E-state index contributed by atoms with van der Waals surface area (Å²) in [6.07, 6.45) is 5.41. The highest BCUT2D eigenvalue weighted by Gasteiger charge is 2.43. The fourth-order valence-electron chi connectivity index (χ4n) is 4.16. The van der Waals surface area contributed by atoms with Gasteiger partial charge in [0.15, 0.2) is 0 Å². The van der Waals surface area contributed by atoms with Crippen LogP contribution in [0.15, 0.2) is 18.3 Å². The Morgan fingerprint density at radius 2 is 2.00 bits per heavy atom. The average molecular weight is 438 g/mol. The number of rotatable bonds is 8. The standard InChI is InChI=1S/C23H35N3OS.ClH/c1-7-27-16-23(11-10-21-25-18(3)19(4)28-21)12-13-26(15-23)22(5,6)20-9-8-17(2)24-14-20;/h8-9,14H,7,10-13,15-16H2,1-6H3;1H/t23-;/m0./s1. The van der Waals surface area contributed by atoms with Crippen molar-refractivity contribution < 1.29 is 4.74 Å². The fraction of sp³-hybridized carbons (Fsp3) is 0.652. The van der Waals surface area contributed by atoms with Crippen molar-refractivity contribution in [3.63, 3.8) is 0 Å². The van der Waals surface area contributed by atoms with E-state index in [1.807, 2.05) is 24.5 Å². The predicted octanol–water partition coefficient (Wildman–Crippen LogP) is 5.48. The molecular formula is C23H36ClN3OS. The van der Waals surface area contributed by atoms with Gasteiger partial charge in [-0.05, 0) is 79.0 Å². The number of aryl methyl sites for hydroxylation is 4. The molecule has 3 heterocycles. The molecule has 0 saturated carbocycles. The van der Waals surface area contributed by atoms with E-state index in [-0.39, 0.29) is 23.4 Å². The first-order valence-electron chi connectivity index (χ1n) is 10.4. The quantitative estimate of drug-likeness (QED) is 0.547. The van der Waals surface area contributed by atoms with Crippen molar-refractivity contribution in [1.29, 1.82) is 0 Å². The molecule has 2 aromatic rings. The van der Waals surface area contributed by atoms with Crippen molar-refractivity contribution in [3.8, 4) is 0 Å². The predicted molar refractivity (Wildman–Crippen MR) is 124 cm³/mol. The number of aromatic nitrogens is 2. The molecule has 0 amide bonds. The Morgan fingerprint density at radius 3 is 2.59 bits per heavy atom. The minimum absolute atomic E-state index is 0. The van der Waals surface area contributed by atoms with E-state index in [1.54, 1.807) is 0 Å². The van der Waals surface area contributed by atoms with E-state index in [4.69, 9.17) is 9.72 Å². The second-order valence-electron chi connectivity index (χ2n) is 8.81. The lowest BCUT2D eigenvalue weighted by Gasteiger charge is -2.38. The molecule has 1 saturated heterocycles. The lowest BCUT2D eigenvalue weighted by Crippen LogP contribution is -2.42. The molecule has 1 aliphatic heterocycles. The fourth-order valence-corrected chi connectivity index (χ4v) is 5.09. The van der Waals surface area contributed by atoms with Gasteiger partial charge in [-0.15, -0.1) is 23.7 Å². The van der Waals surface area contributed by atoms with Crippen molar-refractivity contribution in [2.24, 2.45) is 5.41 Å². The molecule has 0 N–H and O–H groups in total. The van der Waals surface area contributed by atoms with Gasteiger partial charge in [-0.2, -0.15) is 0 Å². The van der Waals surface area contributed by atoms with Crippen LogP contribution in [0, 0.1) is 26.2 Å². The van der Waals surface area contributed by atoms with Gasteiger partial charge in [0.1, 0.15) is 0 Å². The number of likely N-dealkylation sites (tertiary alicyclic amines) is 1. The molecule has 0 radical (unpaired) electrons. The van der Waals surface area contributed by atoms with Gasteiger partial charge in [0.05, 0.1) is 17.3 Å². The second-order valence-corrected chi connectivity index (χ2v) is 10.1. The first kappa shape index (κ1) is 24.3. The van der Waals surface area contributed by atoms with Crippen LogP contribution >= 0.6 is 23.7 Å². The molecule has 0 unspecified atom stereocenters. The van der Waals surface area contributed by atoms with E-state index in [0.29, 0.717) is 0 Å². The summed E-state index contributed by atoms with van der Waals surface area (Å²) in [4.78, 5) is 13.3. The van der Waals surface area contributed by atoms with E-state index < -0.39 is 0 Å². The summed E-state index contributed by atoms with van der Waals surface area (Å²) < 4.78 is 5.96. The molecular weight excluding hydrogens is 402 g/mol. The van der Waals surface area contributed by atoms with Crippen LogP contribution in [0.4, 0.5) is 0 Å². The summed E-state index contributed by atoms with van der Waals surface area (Å²) in [6.45, 7) is 16.8. The van der Waals surface area contributed by atoms with Gasteiger partial charge >= 0.3 is 0 Å². The van der Waals surface area contributed by atoms with Gasteiger partial charge in [0.25, 0.3) is 0 Å². The molecule has 1 atom stereocenters. The Bertz CT molecular complexity index is 770. The van der Waals surface area contributed by atoms with Crippen LogP contribution in [0.25, 0.3) is 0 Å². The maximum atomic E-state index is 5.96. The Morgan fingerprint density at radius 1 is 1.24 bits per heavy atom. The number of ether oxygens (including phenoxy) is 1. The first-order valence-corrected chi connectivity index (χ1v) is 11.3. The van der Waals surface area contributed by atoms with Crippen molar-refractivity contribution in [2.75, 3.05) is 26.3 Å². The molecule has 0 aromatic carbocycles. The number of hydrogen-bond acceptors (Lipinski definition) is 5. The van der Waals surface area contributed by atoms with Crippen LogP contribution in [-0.4, -0.2) is 41.2 Å². The van der Waals surface area contributed by atoms with Gasteiger partial charge in [-0.25, -0.2) is 4.98 Å². The maximum Gasteiger partial charge on any atom is 0.0931 e. The van der Waals surface area contributed by atoms with Crippen molar-refractivity contribution >= 4 is 23.7 Å². The van der Waals surface area contributed by atoms with Crippen LogP contribution in [0.5, 0.6) is 0 Å². The molecule has 4 nitrogen and oxygen atoms in total. The zero-order valence-corrected chi connectivity index (χ0v) is 20.4. The smallest absolute Gasteiger partial charge is 0.0931 e. The summed E-state index contributed by atoms with van der Waals surface area (Å²) in [7, 11) is 0. The first-order chi connectivity index (χ1) is 13.3. The molecule has 2 aromatic heterocycles. The van der Waals surface area contributed by atoms with E-state index in [9.17, 15) is 0 Å². The highest BCUT2D eigenvalue weighted by molar-refractivity contribution is 7.11. The number of halogens is 1. The van der Waals surface area contributed by atoms with Crippen molar-refractivity contribution in [1.82, 2.24) is 14.9 Å². The van der Waals surface area contributed by atoms with Crippen molar-refractivity contribution in [3.05, 3.63) is 45.2 Å². The van der Waals surface area contributed by atoms with Gasteiger partial charge in [0.2, 0.25) is 0 Å². The van der Waals surface area contributed by atoms with Crippen LogP contribution in [0.2, 0.25) is 0 Å². The molecule has 162 valence electrons. The summed E-state index contributed by atoms with van der Waals surface area (Å²) in [6, 6.07) is 4.35. The summed E-state index contributed by atoms with van der Waals surface area (Å²) in [5.41, 5.74) is 3.72. The third kappa shape index (κ3) is 5.57. The number of pyridine rings is 1. The average Bonchev–Trinajstić information content (AvgIpc) is 3.23. The van der Waals surface area contributed by atoms with Crippen LogP contribution in [0.1, 0.15) is 60.4 Å². The summed E-state index contributed by atoms with van der Waals surface area (Å²) in [5, 5.41) is 1.27. The van der Waals surface area contributed by atoms with Crippen molar-refractivity contribution in [2.45, 2.75) is 66.3 Å². The lowest BCUT2D eigenvalue weighted by atomic mass is 9.83. The number of nitrogens with zero attached hydrogens (tertiary/aromatic N) is 3. The molecule has 6 heteroatoms. The van der Waals surface area contributed by atoms with Gasteiger partial charge in [-0.1, -0.05) is 6.07 Å². The summed E-state index contributed by atoms with van der Waals surface area (Å²) in [5.74, 6) is 0. The molecule has 0 aliphatic carbocycles. The van der Waals surface area contributed by atoms with Crippen LogP contribution in [0.3, 0.4) is 0 Å². The second kappa shape index (κ2) is 9.86. The highest BCUT2D eigenvalue weighted by Crippen LogP contribution is 2.42. The Hall–Kier alpha value is -1.01. The Labute approximate surface area is 186 Å². The van der Waals surface area contributed by atoms with Gasteiger partial charge in [-0.3, -0.25) is 9.88 Å². The zero-order chi connectivity index (χ0) is 20.4. The Balaban J connectivity index is 0.00000300. The molecule has 0 bridgehead atoms. The lowest BCUT2D eigenvalue weighted by molar-refractivity contribution is 0.0384. The minimum Gasteiger partial charge on any atom is -0.381 e. The minimum atomic E-state index is -0.0248. The largest absolute Gasteiger partial charge is 0.381 e. The SMILES string of the molecule is CCOC[C@@]1(CCc2nc(C)c(C)s2)CCN(C(C)(C)c2ccc(C)nc2)C1.Cl. The maximum absolute atomic E-state index is 5.96. The van der Waals surface area contributed by atoms with Crippen LogP contribution in [-0.2, 0) is 16.7 Å². The third-order valence-corrected chi connectivity index (χ3v) is 7.53. The molecule has 0 spiro atoms. The summed E-state index contributed by atoms with van der Waals surface area (Å²) >= 11 is 1.85. The highest BCUT2D eigenvalue weighted by atomic mass is 35.5. The molecule has 3 rings (SSSR count). The van der Waals surface area contributed by atoms with E-state index in [0.717, 1.165) is 44.8 Å².